The van der Waals surface area contributed by atoms with E-state index in [1.807, 2.05) is 25.1 Å². The van der Waals surface area contributed by atoms with Crippen molar-refractivity contribution in [3.63, 3.8) is 0 Å². The maximum absolute atomic E-state index is 12.2. The minimum Gasteiger partial charge on any atom is -0.310 e. The number of nitrogens with one attached hydrogen (secondary N) is 1. The molecule has 1 atom stereocenters. The van der Waals surface area contributed by atoms with E-state index >= 15 is 0 Å². The van der Waals surface area contributed by atoms with E-state index in [0.29, 0.717) is 6.42 Å². The molecule has 0 bridgehead atoms. The Hall–Kier alpha value is -0.0700. The van der Waals surface area contributed by atoms with Gasteiger partial charge in [-0.05, 0) is 37.1 Å². The second-order valence-electron chi connectivity index (χ2n) is 4.28. The van der Waals surface area contributed by atoms with Crippen LogP contribution in [0.4, 0.5) is 13.2 Å². The molecule has 6 heteroatoms. The van der Waals surface area contributed by atoms with Crippen LogP contribution in [-0.2, 0) is 0 Å². The number of halogens is 5. The number of hydrogen-bond acceptors (Lipinski definition) is 1. The maximum atomic E-state index is 12.2. The van der Waals surface area contributed by atoms with Gasteiger partial charge in [0.05, 0.1) is 0 Å². The van der Waals surface area contributed by atoms with Crippen LogP contribution in [-0.4, -0.2) is 12.7 Å². The van der Waals surface area contributed by atoms with Crippen LogP contribution in [0.3, 0.4) is 0 Å². The number of hydrogen-bond donors (Lipinski definition) is 1. The average Bonchev–Trinajstić information content (AvgIpc) is 2.26. The van der Waals surface area contributed by atoms with Gasteiger partial charge in [-0.15, -0.1) is 0 Å². The molecule has 0 aromatic heterocycles. The lowest BCUT2D eigenvalue weighted by Crippen LogP contribution is -2.22. The molecule has 0 saturated heterocycles. The van der Waals surface area contributed by atoms with Crippen molar-refractivity contribution in [2.75, 3.05) is 6.54 Å². The van der Waals surface area contributed by atoms with Crippen LogP contribution in [0.25, 0.3) is 0 Å². The summed E-state index contributed by atoms with van der Waals surface area (Å²) in [6.45, 7) is 2.67. The molecular formula is C13H16Br2F3N. The lowest BCUT2D eigenvalue weighted by atomic mass is 10.0. The predicted molar refractivity (Wildman–Crippen MR) is 78.2 cm³/mol. The van der Waals surface area contributed by atoms with Gasteiger partial charge in [0.2, 0.25) is 0 Å². The molecule has 108 valence electrons. The molecule has 1 nitrogen and oxygen atoms in total. The minimum absolute atomic E-state index is 0.0603. The lowest BCUT2D eigenvalue weighted by molar-refractivity contribution is -0.135. The highest BCUT2D eigenvalue weighted by molar-refractivity contribution is 9.11. The molecule has 1 aromatic rings. The summed E-state index contributed by atoms with van der Waals surface area (Å²) in [4.78, 5) is 0. The zero-order valence-electron chi connectivity index (χ0n) is 10.5. The Balaban J connectivity index is 2.71. The van der Waals surface area contributed by atoms with E-state index in [4.69, 9.17) is 0 Å². The van der Waals surface area contributed by atoms with Crippen molar-refractivity contribution < 1.29 is 13.2 Å². The molecule has 1 N–H and O–H groups in total. The van der Waals surface area contributed by atoms with Crippen molar-refractivity contribution in [1.82, 2.24) is 5.32 Å². The monoisotopic (exact) mass is 401 g/mol. The second-order valence-corrected chi connectivity index (χ2v) is 6.05. The van der Waals surface area contributed by atoms with Crippen LogP contribution in [0.2, 0.25) is 0 Å². The Morgan fingerprint density at radius 3 is 2.47 bits per heavy atom. The Morgan fingerprint density at radius 2 is 1.95 bits per heavy atom. The first-order chi connectivity index (χ1) is 8.83. The van der Waals surface area contributed by atoms with Gasteiger partial charge < -0.3 is 5.32 Å². The Morgan fingerprint density at radius 1 is 1.26 bits per heavy atom. The molecule has 0 heterocycles. The van der Waals surface area contributed by atoms with E-state index in [9.17, 15) is 13.2 Å². The first kappa shape index (κ1) is 17.0. The Kier molecular flexibility index (Phi) is 6.83. The smallest absolute Gasteiger partial charge is 0.310 e. The summed E-state index contributed by atoms with van der Waals surface area (Å²) < 4.78 is 38.4. The van der Waals surface area contributed by atoms with Crippen molar-refractivity contribution in [3.05, 3.63) is 32.7 Å². The summed E-state index contributed by atoms with van der Waals surface area (Å²) in [7, 11) is 0. The standard InChI is InChI=1S/C13H16Br2F3N/c1-2-19-12(4-3-7-13(16,17)18)10-6-5-9(14)8-11(10)15/h5-6,8,12,19H,2-4,7H2,1H3. The molecular weight excluding hydrogens is 387 g/mol. The SMILES string of the molecule is CCNC(CCCC(F)(F)F)c1ccc(Br)cc1Br. The van der Waals surface area contributed by atoms with E-state index in [1.165, 1.54) is 0 Å². The maximum Gasteiger partial charge on any atom is 0.389 e. The van der Waals surface area contributed by atoms with E-state index in [2.05, 4.69) is 37.2 Å². The van der Waals surface area contributed by atoms with E-state index in [0.717, 1.165) is 21.1 Å². The normalized spacial score (nSPS) is 13.6. The quantitative estimate of drug-likeness (QED) is 0.653. The molecule has 1 rings (SSSR count). The van der Waals surface area contributed by atoms with Crippen molar-refractivity contribution in [2.24, 2.45) is 0 Å². The molecule has 1 aromatic carbocycles. The van der Waals surface area contributed by atoms with Crippen LogP contribution >= 0.6 is 31.9 Å². The summed E-state index contributed by atoms with van der Waals surface area (Å²) >= 11 is 6.82. The first-order valence-corrected chi connectivity index (χ1v) is 7.67. The molecule has 0 amide bonds. The summed E-state index contributed by atoms with van der Waals surface area (Å²) in [5.41, 5.74) is 0.993. The zero-order valence-corrected chi connectivity index (χ0v) is 13.7. The third-order valence-electron chi connectivity index (χ3n) is 2.74. The van der Waals surface area contributed by atoms with E-state index in [-0.39, 0.29) is 12.5 Å². The Bertz CT molecular complexity index is 407. The lowest BCUT2D eigenvalue weighted by Gasteiger charge is -2.20. The Labute approximate surface area is 128 Å². The van der Waals surface area contributed by atoms with E-state index in [1.54, 1.807) is 0 Å². The largest absolute Gasteiger partial charge is 0.389 e. The van der Waals surface area contributed by atoms with Crippen molar-refractivity contribution in [3.8, 4) is 0 Å². The van der Waals surface area contributed by atoms with Crippen molar-refractivity contribution >= 4 is 31.9 Å². The van der Waals surface area contributed by atoms with Crippen LogP contribution in [0.5, 0.6) is 0 Å². The molecule has 0 spiro atoms. The minimum atomic E-state index is -4.08. The van der Waals surface area contributed by atoms with Gasteiger partial charge in [-0.2, -0.15) is 13.2 Å². The molecule has 0 aliphatic heterocycles. The van der Waals surface area contributed by atoms with Gasteiger partial charge in [-0.3, -0.25) is 0 Å². The molecule has 0 saturated carbocycles. The van der Waals surface area contributed by atoms with Crippen LogP contribution in [0, 0.1) is 0 Å². The van der Waals surface area contributed by atoms with Gasteiger partial charge in [-0.25, -0.2) is 0 Å². The van der Waals surface area contributed by atoms with Crippen LogP contribution in [0.1, 0.15) is 37.8 Å². The van der Waals surface area contributed by atoms with Crippen molar-refractivity contribution in [2.45, 2.75) is 38.4 Å². The van der Waals surface area contributed by atoms with Gasteiger partial charge in [0, 0.05) is 21.4 Å². The fraction of sp³-hybridized carbons (Fsp3) is 0.538. The third-order valence-corrected chi connectivity index (χ3v) is 3.92. The predicted octanol–water partition coefficient (Wildman–Crippen LogP) is 5.59. The summed E-state index contributed by atoms with van der Waals surface area (Å²) in [6, 6.07) is 5.67. The van der Waals surface area contributed by atoms with Gasteiger partial charge in [0.1, 0.15) is 0 Å². The van der Waals surface area contributed by atoms with Crippen LogP contribution < -0.4 is 5.32 Å². The topological polar surface area (TPSA) is 12.0 Å². The molecule has 0 aliphatic rings. The van der Waals surface area contributed by atoms with Gasteiger partial charge in [-0.1, -0.05) is 44.8 Å². The fourth-order valence-electron chi connectivity index (χ4n) is 1.90. The highest BCUT2D eigenvalue weighted by atomic mass is 79.9. The van der Waals surface area contributed by atoms with Crippen molar-refractivity contribution in [1.29, 1.82) is 0 Å². The molecule has 0 radical (unpaired) electrons. The number of alkyl halides is 3. The third kappa shape index (κ3) is 6.27. The highest BCUT2D eigenvalue weighted by Gasteiger charge is 2.27. The average molecular weight is 403 g/mol. The van der Waals surface area contributed by atoms with Gasteiger partial charge in [0.15, 0.2) is 0 Å². The molecule has 0 aliphatic carbocycles. The molecule has 19 heavy (non-hydrogen) atoms. The summed E-state index contributed by atoms with van der Waals surface area (Å²) in [5, 5.41) is 3.23. The second kappa shape index (κ2) is 7.64. The zero-order chi connectivity index (χ0) is 14.5. The number of benzene rings is 1. The number of rotatable bonds is 6. The summed E-state index contributed by atoms with van der Waals surface area (Å²) in [6.07, 6.45) is -4.21. The fourth-order valence-corrected chi connectivity index (χ4v) is 3.23. The molecule has 1 unspecified atom stereocenters. The van der Waals surface area contributed by atoms with Gasteiger partial charge >= 0.3 is 6.18 Å². The van der Waals surface area contributed by atoms with Crippen LogP contribution in [0.15, 0.2) is 27.1 Å². The summed E-state index contributed by atoms with van der Waals surface area (Å²) in [5.74, 6) is 0. The molecule has 0 fully saturated rings. The van der Waals surface area contributed by atoms with Gasteiger partial charge in [0.25, 0.3) is 0 Å². The first-order valence-electron chi connectivity index (χ1n) is 6.08. The highest BCUT2D eigenvalue weighted by Crippen LogP contribution is 2.31. The van der Waals surface area contributed by atoms with E-state index < -0.39 is 12.6 Å².